The van der Waals surface area contributed by atoms with Gasteiger partial charge in [0.1, 0.15) is 11.6 Å². The Morgan fingerprint density at radius 2 is 1.98 bits per heavy atom. The number of fused-ring (bicyclic) bond motifs is 1. The molecule has 1 aromatic carbocycles. The highest BCUT2D eigenvalue weighted by molar-refractivity contribution is 5.98. The number of aliphatic hydroxyl groups is 1. The summed E-state index contributed by atoms with van der Waals surface area (Å²) in [5.74, 6) is -0.173. The van der Waals surface area contributed by atoms with Crippen molar-refractivity contribution < 1.29 is 19.0 Å². The van der Waals surface area contributed by atoms with E-state index in [0.29, 0.717) is 59.8 Å². The van der Waals surface area contributed by atoms with Gasteiger partial charge in [0.25, 0.3) is 5.56 Å². The Labute approximate surface area is 235 Å². The summed E-state index contributed by atoms with van der Waals surface area (Å²) in [5.41, 5.74) is 1.81. The maximum atomic E-state index is 15.5. The minimum atomic E-state index is -0.611. The smallest absolute Gasteiger partial charge is 0.259 e. The number of carbonyl (C=O) groups excluding carboxylic acids is 1. The van der Waals surface area contributed by atoms with E-state index in [2.05, 4.69) is 25.2 Å². The third kappa shape index (κ3) is 5.14. The molecule has 0 unspecified atom stereocenters. The van der Waals surface area contributed by atoms with Crippen molar-refractivity contribution in [3.63, 3.8) is 0 Å². The second-order valence-corrected chi connectivity index (χ2v) is 10.9. The molecular formula is C30H31FN6O4. The number of aromatic amines is 1. The van der Waals surface area contributed by atoms with Crippen LogP contribution in [-0.2, 0) is 9.53 Å². The standard InChI is InChI=1S/C30H31FN6O4/c1-30(16-41-17-30)29(40)36(2)18-3-5-21(22(31)13-18)24-14-25(27-23(34-24)7-10-32-28(27)39)35-26-6-4-19(15-33-26)37-11-8-20(38)9-12-37/h3-7,10,13-15,20,38H,8-9,11-12,16-17H2,1-2H3,(H,32,39)(H,33,34,35). The second-order valence-electron chi connectivity index (χ2n) is 10.9. The minimum absolute atomic E-state index is 0.137. The third-order valence-electron chi connectivity index (χ3n) is 7.85. The molecule has 11 heteroatoms. The molecule has 2 saturated heterocycles. The molecule has 0 aliphatic carbocycles. The fourth-order valence-corrected chi connectivity index (χ4v) is 5.31. The highest BCUT2D eigenvalue weighted by Gasteiger charge is 2.43. The number of piperidine rings is 1. The molecule has 2 aliphatic rings. The normalized spacial score (nSPS) is 16.8. The van der Waals surface area contributed by atoms with Gasteiger partial charge in [0, 0.05) is 37.6 Å². The summed E-state index contributed by atoms with van der Waals surface area (Å²) in [6.45, 7) is 4.02. The number of anilines is 4. The number of nitrogens with one attached hydrogen (secondary N) is 2. The molecule has 0 spiro atoms. The number of carbonyl (C=O) groups is 1. The number of ether oxygens (including phenoxy) is 1. The molecule has 6 rings (SSSR count). The topological polar surface area (TPSA) is 124 Å². The van der Waals surface area contributed by atoms with Gasteiger partial charge >= 0.3 is 0 Å². The molecule has 2 fully saturated rings. The van der Waals surface area contributed by atoms with Crippen LogP contribution in [0.2, 0.25) is 0 Å². The van der Waals surface area contributed by atoms with Crippen molar-refractivity contribution in [1.82, 2.24) is 15.0 Å². The molecule has 1 amide bonds. The molecule has 0 bridgehead atoms. The Kier molecular flexibility index (Phi) is 6.92. The number of aromatic nitrogens is 3. The van der Waals surface area contributed by atoms with Crippen molar-refractivity contribution in [2.75, 3.05) is 48.5 Å². The number of hydrogen-bond acceptors (Lipinski definition) is 8. The van der Waals surface area contributed by atoms with Crippen molar-refractivity contribution in [3.8, 4) is 11.3 Å². The molecule has 41 heavy (non-hydrogen) atoms. The van der Waals surface area contributed by atoms with Crippen LogP contribution in [0.25, 0.3) is 22.2 Å². The summed E-state index contributed by atoms with van der Waals surface area (Å²) in [5, 5.41) is 13.3. The van der Waals surface area contributed by atoms with Gasteiger partial charge < -0.3 is 29.9 Å². The van der Waals surface area contributed by atoms with E-state index >= 15 is 4.39 Å². The summed E-state index contributed by atoms with van der Waals surface area (Å²) in [4.78, 5) is 41.1. The van der Waals surface area contributed by atoms with Gasteiger partial charge in [0.05, 0.1) is 58.9 Å². The van der Waals surface area contributed by atoms with Gasteiger partial charge in [-0.05, 0) is 62.2 Å². The lowest BCUT2D eigenvalue weighted by Gasteiger charge is -2.39. The zero-order valence-corrected chi connectivity index (χ0v) is 22.9. The zero-order chi connectivity index (χ0) is 28.7. The van der Waals surface area contributed by atoms with Gasteiger partial charge in [-0.3, -0.25) is 9.59 Å². The lowest BCUT2D eigenvalue weighted by Crippen LogP contribution is -2.52. The summed E-state index contributed by atoms with van der Waals surface area (Å²) in [6, 6.07) is 11.6. The highest BCUT2D eigenvalue weighted by atomic mass is 19.1. The van der Waals surface area contributed by atoms with Crippen molar-refractivity contribution in [2.24, 2.45) is 5.41 Å². The number of aliphatic hydroxyl groups excluding tert-OH is 1. The number of rotatable bonds is 6. The Bertz CT molecular complexity index is 1660. The number of amides is 1. The summed E-state index contributed by atoms with van der Waals surface area (Å²) >= 11 is 0. The number of halogens is 1. The molecule has 0 atom stereocenters. The second kappa shape index (κ2) is 10.6. The molecule has 3 aromatic heterocycles. The number of nitrogens with zero attached hydrogens (tertiary/aromatic N) is 4. The van der Waals surface area contributed by atoms with Gasteiger partial charge in [-0.2, -0.15) is 0 Å². The Balaban J connectivity index is 1.31. The van der Waals surface area contributed by atoms with Crippen LogP contribution in [-0.4, -0.2) is 65.4 Å². The van der Waals surface area contributed by atoms with Crippen molar-refractivity contribution in [2.45, 2.75) is 25.9 Å². The maximum absolute atomic E-state index is 15.5. The summed E-state index contributed by atoms with van der Waals surface area (Å²) in [7, 11) is 1.62. The van der Waals surface area contributed by atoms with Crippen LogP contribution in [0.1, 0.15) is 19.8 Å². The lowest BCUT2D eigenvalue weighted by atomic mass is 9.87. The Hall–Kier alpha value is -4.35. The summed E-state index contributed by atoms with van der Waals surface area (Å²) < 4.78 is 20.7. The van der Waals surface area contributed by atoms with Gasteiger partial charge in [-0.25, -0.2) is 14.4 Å². The van der Waals surface area contributed by atoms with Crippen molar-refractivity contribution in [3.05, 3.63) is 71.0 Å². The van der Waals surface area contributed by atoms with Gasteiger partial charge in [-0.1, -0.05) is 0 Å². The van der Waals surface area contributed by atoms with E-state index < -0.39 is 11.2 Å². The molecule has 212 valence electrons. The molecule has 2 aliphatic heterocycles. The van der Waals surface area contributed by atoms with Crippen LogP contribution in [0.3, 0.4) is 0 Å². The number of pyridine rings is 3. The maximum Gasteiger partial charge on any atom is 0.259 e. The van der Waals surface area contributed by atoms with Crippen LogP contribution < -0.4 is 20.7 Å². The first-order chi connectivity index (χ1) is 19.7. The largest absolute Gasteiger partial charge is 0.393 e. The van der Waals surface area contributed by atoms with Crippen molar-refractivity contribution >= 4 is 39.7 Å². The van der Waals surface area contributed by atoms with E-state index in [-0.39, 0.29) is 23.1 Å². The fourth-order valence-electron chi connectivity index (χ4n) is 5.31. The first-order valence-corrected chi connectivity index (χ1v) is 13.6. The van der Waals surface area contributed by atoms with Gasteiger partial charge in [0.15, 0.2) is 0 Å². The molecular weight excluding hydrogens is 527 g/mol. The Morgan fingerprint density at radius 1 is 1.20 bits per heavy atom. The zero-order valence-electron chi connectivity index (χ0n) is 22.9. The molecule has 5 heterocycles. The average Bonchev–Trinajstić information content (AvgIpc) is 2.96. The highest BCUT2D eigenvalue weighted by Crippen LogP contribution is 2.34. The van der Waals surface area contributed by atoms with Crippen LogP contribution in [0.5, 0.6) is 0 Å². The number of H-pyrrole nitrogens is 1. The molecule has 4 aromatic rings. The molecule has 3 N–H and O–H groups in total. The van der Waals surface area contributed by atoms with Gasteiger partial charge in [0.2, 0.25) is 5.91 Å². The molecule has 0 saturated carbocycles. The van der Waals surface area contributed by atoms with E-state index in [1.807, 2.05) is 19.1 Å². The summed E-state index contributed by atoms with van der Waals surface area (Å²) in [6.07, 6.45) is 4.42. The van der Waals surface area contributed by atoms with Crippen molar-refractivity contribution in [1.29, 1.82) is 0 Å². The minimum Gasteiger partial charge on any atom is -0.393 e. The lowest BCUT2D eigenvalue weighted by molar-refractivity contribution is -0.154. The third-order valence-corrected chi connectivity index (χ3v) is 7.85. The van der Waals surface area contributed by atoms with E-state index in [1.165, 1.54) is 17.2 Å². The van der Waals surface area contributed by atoms with E-state index in [4.69, 9.17) is 4.74 Å². The van der Waals surface area contributed by atoms with Crippen LogP contribution >= 0.6 is 0 Å². The Morgan fingerprint density at radius 3 is 2.63 bits per heavy atom. The average molecular weight is 559 g/mol. The van der Waals surface area contributed by atoms with Gasteiger partial charge in [-0.15, -0.1) is 0 Å². The quantitative estimate of drug-likeness (QED) is 0.326. The first kappa shape index (κ1) is 26.9. The van der Waals surface area contributed by atoms with Crippen LogP contribution in [0.4, 0.5) is 27.3 Å². The molecule has 0 radical (unpaired) electrons. The van der Waals surface area contributed by atoms with E-state index in [1.54, 1.807) is 37.5 Å². The van der Waals surface area contributed by atoms with E-state index in [0.717, 1.165) is 18.8 Å². The van der Waals surface area contributed by atoms with Crippen LogP contribution in [0, 0.1) is 11.2 Å². The predicted molar refractivity (Wildman–Crippen MR) is 155 cm³/mol. The number of hydrogen-bond donors (Lipinski definition) is 3. The predicted octanol–water partition coefficient (Wildman–Crippen LogP) is 3.83. The number of benzene rings is 1. The fraction of sp³-hybridized carbons (Fsp3) is 0.333. The monoisotopic (exact) mass is 558 g/mol. The molecule has 10 nitrogen and oxygen atoms in total. The van der Waals surface area contributed by atoms with E-state index in [9.17, 15) is 14.7 Å². The van der Waals surface area contributed by atoms with Crippen LogP contribution in [0.15, 0.2) is 59.7 Å². The SMILES string of the molecule is CN(C(=O)C1(C)COC1)c1ccc(-c2cc(Nc3ccc(N4CCC(O)CC4)cn3)c3c(=O)[nH]ccc3n2)c(F)c1. The first-order valence-electron chi connectivity index (χ1n) is 13.6.